The quantitative estimate of drug-likeness (QED) is 0.942. The minimum absolute atomic E-state index is 0.474. The summed E-state index contributed by atoms with van der Waals surface area (Å²) in [6, 6.07) is 3.73. The highest BCUT2D eigenvalue weighted by molar-refractivity contribution is 9.10. The monoisotopic (exact) mass is 284 g/mol. The molecule has 1 atom stereocenters. The molecule has 1 unspecified atom stereocenters. The van der Waals surface area contributed by atoms with Crippen molar-refractivity contribution in [1.29, 1.82) is 0 Å². The number of hydrogen-bond acceptors (Lipinski definition) is 4. The van der Waals surface area contributed by atoms with E-state index in [1.54, 1.807) is 29.8 Å². The van der Waals surface area contributed by atoms with E-state index in [1.807, 2.05) is 11.4 Å². The van der Waals surface area contributed by atoms with Gasteiger partial charge in [0.1, 0.15) is 6.10 Å². The Labute approximate surface area is 100.0 Å². The second-order valence-electron chi connectivity index (χ2n) is 3.06. The normalized spacial score (nSPS) is 12.7. The first-order valence-electron chi connectivity index (χ1n) is 4.43. The molecule has 5 heteroatoms. The summed E-state index contributed by atoms with van der Waals surface area (Å²) in [6.45, 7) is 0. The Morgan fingerprint density at radius 1 is 1.40 bits per heavy atom. The molecule has 0 radical (unpaired) electrons. The van der Waals surface area contributed by atoms with E-state index in [1.165, 1.54) is 0 Å². The molecular formula is C10H9BrN2OS. The molecule has 2 heterocycles. The summed E-state index contributed by atoms with van der Waals surface area (Å²) in [4.78, 5) is 9.14. The first kappa shape index (κ1) is 10.7. The molecule has 3 nitrogen and oxygen atoms in total. The molecule has 2 aromatic heterocycles. The van der Waals surface area contributed by atoms with Gasteiger partial charge in [-0.05, 0) is 28.1 Å². The third-order valence-electron chi connectivity index (χ3n) is 1.90. The van der Waals surface area contributed by atoms with Crippen LogP contribution < -0.4 is 0 Å². The van der Waals surface area contributed by atoms with E-state index in [4.69, 9.17) is 0 Å². The SMILES string of the molecule is OC(Cc1cc(Br)cs1)c1ncccn1. The summed E-state index contributed by atoms with van der Waals surface area (Å²) < 4.78 is 1.05. The van der Waals surface area contributed by atoms with E-state index in [0.29, 0.717) is 12.2 Å². The van der Waals surface area contributed by atoms with E-state index >= 15 is 0 Å². The standard InChI is InChI=1S/C10H9BrN2OS/c11-7-4-8(15-6-7)5-9(14)10-12-2-1-3-13-10/h1-4,6,9,14H,5H2. The van der Waals surface area contributed by atoms with Gasteiger partial charge >= 0.3 is 0 Å². The van der Waals surface area contributed by atoms with Crippen LogP contribution in [0, 0.1) is 0 Å². The van der Waals surface area contributed by atoms with Crippen molar-refractivity contribution in [2.75, 3.05) is 0 Å². The van der Waals surface area contributed by atoms with Crippen molar-refractivity contribution in [2.45, 2.75) is 12.5 Å². The van der Waals surface area contributed by atoms with Gasteiger partial charge in [-0.25, -0.2) is 9.97 Å². The van der Waals surface area contributed by atoms with E-state index in [0.717, 1.165) is 9.35 Å². The van der Waals surface area contributed by atoms with Gasteiger partial charge in [0, 0.05) is 33.5 Å². The molecule has 0 amide bonds. The number of rotatable bonds is 3. The molecule has 15 heavy (non-hydrogen) atoms. The third-order valence-corrected chi connectivity index (χ3v) is 3.62. The van der Waals surface area contributed by atoms with Crippen molar-refractivity contribution in [3.63, 3.8) is 0 Å². The van der Waals surface area contributed by atoms with Crippen molar-refractivity contribution >= 4 is 27.3 Å². The van der Waals surface area contributed by atoms with Crippen molar-refractivity contribution in [1.82, 2.24) is 9.97 Å². The molecule has 0 saturated carbocycles. The van der Waals surface area contributed by atoms with Crippen LogP contribution in [0.1, 0.15) is 16.8 Å². The van der Waals surface area contributed by atoms with Gasteiger partial charge in [0.05, 0.1) is 0 Å². The van der Waals surface area contributed by atoms with Crippen LogP contribution in [0.15, 0.2) is 34.4 Å². The first-order chi connectivity index (χ1) is 7.25. The lowest BCUT2D eigenvalue weighted by molar-refractivity contribution is 0.169. The number of halogens is 1. The van der Waals surface area contributed by atoms with E-state index in [2.05, 4.69) is 25.9 Å². The maximum Gasteiger partial charge on any atom is 0.157 e. The van der Waals surface area contributed by atoms with Gasteiger partial charge in [0.25, 0.3) is 0 Å². The predicted octanol–water partition coefficient (Wildman–Crippen LogP) is 2.58. The second-order valence-corrected chi connectivity index (χ2v) is 4.97. The van der Waals surface area contributed by atoms with Crippen molar-refractivity contribution < 1.29 is 5.11 Å². The van der Waals surface area contributed by atoms with Crippen LogP contribution in [-0.4, -0.2) is 15.1 Å². The highest BCUT2D eigenvalue weighted by atomic mass is 79.9. The second kappa shape index (κ2) is 4.83. The number of hydrogen-bond donors (Lipinski definition) is 1. The van der Waals surface area contributed by atoms with Crippen molar-refractivity contribution in [3.8, 4) is 0 Å². The number of aromatic nitrogens is 2. The van der Waals surface area contributed by atoms with Crippen LogP contribution in [0.25, 0.3) is 0 Å². The van der Waals surface area contributed by atoms with E-state index in [-0.39, 0.29) is 0 Å². The lowest BCUT2D eigenvalue weighted by atomic mass is 10.2. The number of aliphatic hydroxyl groups excluding tert-OH is 1. The molecule has 2 aromatic rings. The highest BCUT2D eigenvalue weighted by Gasteiger charge is 2.11. The molecule has 78 valence electrons. The maximum atomic E-state index is 9.85. The zero-order valence-corrected chi connectivity index (χ0v) is 10.2. The molecule has 0 bridgehead atoms. The van der Waals surface area contributed by atoms with Gasteiger partial charge in [-0.2, -0.15) is 0 Å². The highest BCUT2D eigenvalue weighted by Crippen LogP contribution is 2.24. The summed E-state index contributed by atoms with van der Waals surface area (Å²) in [5.74, 6) is 0.474. The van der Waals surface area contributed by atoms with Crippen LogP contribution in [0.5, 0.6) is 0 Å². The van der Waals surface area contributed by atoms with Gasteiger partial charge < -0.3 is 5.11 Å². The summed E-state index contributed by atoms with van der Waals surface area (Å²) >= 11 is 4.99. The smallest absolute Gasteiger partial charge is 0.157 e. The fraction of sp³-hybridized carbons (Fsp3) is 0.200. The minimum atomic E-state index is -0.628. The van der Waals surface area contributed by atoms with Crippen LogP contribution in [0.3, 0.4) is 0 Å². The largest absolute Gasteiger partial charge is 0.385 e. The van der Waals surface area contributed by atoms with Crippen LogP contribution >= 0.6 is 27.3 Å². The molecule has 0 aromatic carbocycles. The molecule has 0 aliphatic rings. The molecule has 0 aliphatic heterocycles. The Kier molecular flexibility index (Phi) is 3.45. The Hall–Kier alpha value is -0.780. The van der Waals surface area contributed by atoms with E-state index < -0.39 is 6.10 Å². The third kappa shape index (κ3) is 2.84. The van der Waals surface area contributed by atoms with Crippen molar-refractivity contribution in [3.05, 3.63) is 45.1 Å². The summed E-state index contributed by atoms with van der Waals surface area (Å²) in [5, 5.41) is 11.8. The summed E-state index contributed by atoms with van der Waals surface area (Å²) in [5.41, 5.74) is 0. The molecule has 0 aliphatic carbocycles. The molecule has 0 spiro atoms. The average Bonchev–Trinajstić information content (AvgIpc) is 2.65. The molecule has 2 rings (SSSR count). The maximum absolute atomic E-state index is 9.85. The zero-order chi connectivity index (χ0) is 10.7. The molecule has 0 saturated heterocycles. The minimum Gasteiger partial charge on any atom is -0.385 e. The summed E-state index contributed by atoms with van der Waals surface area (Å²) in [6.07, 6.45) is 3.20. The summed E-state index contributed by atoms with van der Waals surface area (Å²) in [7, 11) is 0. The Morgan fingerprint density at radius 2 is 2.13 bits per heavy atom. The Bertz CT molecular complexity index is 432. The number of thiophene rings is 1. The zero-order valence-electron chi connectivity index (χ0n) is 7.80. The molecule has 1 N–H and O–H groups in total. The predicted molar refractivity (Wildman–Crippen MR) is 62.7 cm³/mol. The topological polar surface area (TPSA) is 46.0 Å². The molecule has 0 fully saturated rings. The Morgan fingerprint density at radius 3 is 2.73 bits per heavy atom. The van der Waals surface area contributed by atoms with Gasteiger partial charge in [0.15, 0.2) is 5.82 Å². The Balaban J connectivity index is 2.07. The van der Waals surface area contributed by atoms with Crippen molar-refractivity contribution in [2.24, 2.45) is 0 Å². The van der Waals surface area contributed by atoms with Gasteiger partial charge in [0.2, 0.25) is 0 Å². The lowest BCUT2D eigenvalue weighted by Crippen LogP contribution is -2.05. The fourth-order valence-electron chi connectivity index (χ4n) is 1.23. The van der Waals surface area contributed by atoms with Gasteiger partial charge in [-0.3, -0.25) is 0 Å². The van der Waals surface area contributed by atoms with Crippen LogP contribution in [-0.2, 0) is 6.42 Å². The fourth-order valence-corrected chi connectivity index (χ4v) is 2.71. The van der Waals surface area contributed by atoms with Crippen LogP contribution in [0.2, 0.25) is 0 Å². The average molecular weight is 285 g/mol. The first-order valence-corrected chi connectivity index (χ1v) is 6.11. The van der Waals surface area contributed by atoms with E-state index in [9.17, 15) is 5.11 Å². The van der Waals surface area contributed by atoms with Gasteiger partial charge in [-0.15, -0.1) is 11.3 Å². The number of aliphatic hydroxyl groups is 1. The number of nitrogens with zero attached hydrogens (tertiary/aromatic N) is 2. The van der Waals surface area contributed by atoms with Crippen LogP contribution in [0.4, 0.5) is 0 Å². The van der Waals surface area contributed by atoms with Gasteiger partial charge in [-0.1, -0.05) is 0 Å². The molecular weight excluding hydrogens is 276 g/mol. The lowest BCUT2D eigenvalue weighted by Gasteiger charge is -2.06.